The normalized spacial score (nSPS) is 31.8. The molecule has 3 aromatic rings. The van der Waals surface area contributed by atoms with E-state index in [-0.39, 0.29) is 33.8 Å². The number of ether oxygens (including phenoxy) is 4. The maximum absolute atomic E-state index is 12.9. The van der Waals surface area contributed by atoms with Crippen molar-refractivity contribution in [3.05, 3.63) is 46.6 Å². The summed E-state index contributed by atoms with van der Waals surface area (Å²) in [6.45, 7) is 0. The molecule has 242 valence electrons. The highest BCUT2D eigenvalue weighted by Crippen LogP contribution is 2.37. The van der Waals surface area contributed by atoms with Gasteiger partial charge in [-0.1, -0.05) is 0 Å². The van der Waals surface area contributed by atoms with Crippen molar-refractivity contribution in [1.82, 2.24) is 0 Å². The minimum atomic E-state index is -1.97. The molecule has 45 heavy (non-hydrogen) atoms. The van der Waals surface area contributed by atoms with Crippen molar-refractivity contribution in [3.63, 3.8) is 0 Å². The van der Waals surface area contributed by atoms with E-state index in [9.17, 15) is 65.4 Å². The van der Waals surface area contributed by atoms with Gasteiger partial charge in [0.2, 0.25) is 12.6 Å². The first-order chi connectivity index (χ1) is 21.2. The Bertz CT molecular complexity index is 1670. The Morgan fingerprint density at radius 1 is 0.667 bits per heavy atom. The second-order valence-electron chi connectivity index (χ2n) is 10.2. The molecule has 2 saturated heterocycles. The topological polar surface area (TPSA) is 304 Å². The minimum absolute atomic E-state index is 0.0705. The summed E-state index contributed by atoms with van der Waals surface area (Å²) < 4.78 is 26.5. The van der Waals surface area contributed by atoms with E-state index in [1.807, 2.05) is 0 Å². The van der Waals surface area contributed by atoms with E-state index in [0.29, 0.717) is 0 Å². The predicted molar refractivity (Wildman–Crippen MR) is 141 cm³/mol. The SMILES string of the molecule is O=C(O)[C@H]1O[C@@H](Oc2cc(O)c3c(=O)cc(-c4ccc(O[C@@H]5O[C@@H](C(=O)O)[C@H](O)[C@@H](O)[C@@H]5O)c(O)c4)oc3c2)[C@@H](O)[C@H](O)[C@H]1O. The van der Waals surface area contributed by atoms with Gasteiger partial charge >= 0.3 is 11.9 Å². The molecule has 0 aliphatic carbocycles. The van der Waals surface area contributed by atoms with E-state index in [4.69, 9.17) is 23.4 Å². The predicted octanol–water partition coefficient (Wildman–Crippen LogP) is -2.59. The second kappa shape index (κ2) is 12.1. The number of hydrogen-bond donors (Lipinski definition) is 10. The molecule has 0 saturated carbocycles. The maximum Gasteiger partial charge on any atom is 0.335 e. The molecule has 0 amide bonds. The van der Waals surface area contributed by atoms with Crippen LogP contribution in [0.25, 0.3) is 22.3 Å². The number of carboxylic acid groups (broad SMARTS) is 2. The standard InChI is InChI=1S/C27H26O18/c28-9-3-7(1-2-12(9)43-27-21(36)17(32)19(34)23(45-27)25(39)40)13-6-11(30)15-10(29)4-8(5-14(15)42-13)41-26-20(35)16(31)18(33)22(44-26)24(37)38/h1-6,16-23,26-29,31-36H,(H,37,38)(H,39,40)/t16-,17-,18-,19-,20+,21+,22+,23-,26-,27-/m1/s1. The molecule has 2 aliphatic rings. The number of carbonyl (C=O) groups is 2. The van der Waals surface area contributed by atoms with Gasteiger partial charge in [0.1, 0.15) is 64.9 Å². The lowest BCUT2D eigenvalue weighted by Crippen LogP contribution is -2.61. The molecular formula is C27H26O18. The molecule has 5 rings (SSSR count). The number of rotatable bonds is 7. The summed E-state index contributed by atoms with van der Waals surface area (Å²) in [5, 5.41) is 99.2. The average Bonchev–Trinajstić information content (AvgIpc) is 2.97. The van der Waals surface area contributed by atoms with Gasteiger partial charge in [-0.3, -0.25) is 4.79 Å². The smallest absolute Gasteiger partial charge is 0.335 e. The van der Waals surface area contributed by atoms with Crippen molar-refractivity contribution in [3.8, 4) is 34.3 Å². The molecule has 2 aliphatic heterocycles. The Labute approximate surface area is 249 Å². The van der Waals surface area contributed by atoms with Crippen LogP contribution in [0.5, 0.6) is 23.0 Å². The Morgan fingerprint density at radius 3 is 1.76 bits per heavy atom. The van der Waals surface area contributed by atoms with E-state index < -0.39 is 90.3 Å². The Balaban J connectivity index is 1.41. The molecule has 1 aromatic heterocycles. The quantitative estimate of drug-likeness (QED) is 0.127. The Morgan fingerprint density at radius 2 is 1.22 bits per heavy atom. The van der Waals surface area contributed by atoms with Gasteiger partial charge in [0.05, 0.1) is 0 Å². The molecular weight excluding hydrogens is 612 g/mol. The third-order valence-electron chi connectivity index (χ3n) is 7.15. The number of phenolic OH excluding ortho intramolecular Hbond substituents is 2. The van der Waals surface area contributed by atoms with Gasteiger partial charge in [-0.2, -0.15) is 0 Å². The van der Waals surface area contributed by atoms with E-state index in [2.05, 4.69) is 0 Å². The van der Waals surface area contributed by atoms with Gasteiger partial charge in [0.15, 0.2) is 29.1 Å². The molecule has 0 bridgehead atoms. The summed E-state index contributed by atoms with van der Waals surface area (Å²) in [5.41, 5.74) is -0.959. The number of hydrogen-bond acceptors (Lipinski definition) is 16. The van der Waals surface area contributed by atoms with Gasteiger partial charge in [0, 0.05) is 23.8 Å². The summed E-state index contributed by atoms with van der Waals surface area (Å²) in [4.78, 5) is 35.6. The summed E-state index contributed by atoms with van der Waals surface area (Å²) in [5.74, 6) is -5.38. The number of phenols is 2. The number of aliphatic hydroxyl groups is 6. The first-order valence-electron chi connectivity index (χ1n) is 13.0. The van der Waals surface area contributed by atoms with Crippen molar-refractivity contribution >= 4 is 22.9 Å². The van der Waals surface area contributed by atoms with E-state index in [0.717, 1.165) is 30.3 Å². The zero-order chi connectivity index (χ0) is 32.9. The fourth-order valence-corrected chi connectivity index (χ4v) is 4.78. The van der Waals surface area contributed by atoms with Crippen molar-refractivity contribution < 1.29 is 84.0 Å². The van der Waals surface area contributed by atoms with Crippen LogP contribution in [0.2, 0.25) is 0 Å². The zero-order valence-corrected chi connectivity index (χ0v) is 22.5. The van der Waals surface area contributed by atoms with Crippen LogP contribution >= 0.6 is 0 Å². The molecule has 2 fully saturated rings. The number of benzene rings is 2. The zero-order valence-electron chi connectivity index (χ0n) is 22.5. The Hall–Kier alpha value is -4.53. The van der Waals surface area contributed by atoms with Gasteiger partial charge in [0.25, 0.3) is 0 Å². The van der Waals surface area contributed by atoms with Crippen molar-refractivity contribution in [2.45, 2.75) is 61.4 Å². The molecule has 3 heterocycles. The van der Waals surface area contributed by atoms with Gasteiger partial charge in [-0.25, -0.2) is 9.59 Å². The number of carboxylic acids is 2. The van der Waals surface area contributed by atoms with Gasteiger partial charge in [-0.05, 0) is 18.2 Å². The first kappa shape index (κ1) is 31.9. The largest absolute Gasteiger partial charge is 0.507 e. The molecule has 0 unspecified atom stereocenters. The lowest BCUT2D eigenvalue weighted by Gasteiger charge is -2.38. The lowest BCUT2D eigenvalue weighted by atomic mass is 9.99. The van der Waals surface area contributed by atoms with Crippen LogP contribution in [0.1, 0.15) is 0 Å². The van der Waals surface area contributed by atoms with E-state index in [1.54, 1.807) is 0 Å². The molecule has 18 nitrogen and oxygen atoms in total. The van der Waals surface area contributed by atoms with Crippen molar-refractivity contribution in [2.24, 2.45) is 0 Å². The van der Waals surface area contributed by atoms with Crippen LogP contribution in [0.15, 0.2) is 45.6 Å². The molecule has 10 N–H and O–H groups in total. The molecule has 2 aromatic carbocycles. The highest BCUT2D eigenvalue weighted by Gasteiger charge is 2.49. The molecule has 0 spiro atoms. The fraction of sp³-hybridized carbons (Fsp3) is 0.370. The number of fused-ring (bicyclic) bond motifs is 1. The van der Waals surface area contributed by atoms with Crippen LogP contribution in [0.3, 0.4) is 0 Å². The summed E-state index contributed by atoms with van der Waals surface area (Å²) in [7, 11) is 0. The highest BCUT2D eigenvalue weighted by molar-refractivity contribution is 5.86. The average molecular weight is 638 g/mol. The Kier molecular flexibility index (Phi) is 8.58. The molecule has 0 radical (unpaired) electrons. The monoisotopic (exact) mass is 638 g/mol. The maximum atomic E-state index is 12.9. The fourth-order valence-electron chi connectivity index (χ4n) is 4.78. The first-order valence-corrected chi connectivity index (χ1v) is 13.0. The third-order valence-corrected chi connectivity index (χ3v) is 7.15. The number of aliphatic hydroxyl groups excluding tert-OH is 6. The van der Waals surface area contributed by atoms with E-state index in [1.165, 1.54) is 6.07 Å². The number of aliphatic carboxylic acids is 2. The number of aromatic hydroxyl groups is 2. The van der Waals surface area contributed by atoms with Gasteiger partial charge in [-0.15, -0.1) is 0 Å². The van der Waals surface area contributed by atoms with Crippen LogP contribution in [-0.2, 0) is 19.1 Å². The van der Waals surface area contributed by atoms with Crippen molar-refractivity contribution in [2.75, 3.05) is 0 Å². The van der Waals surface area contributed by atoms with Crippen LogP contribution in [0.4, 0.5) is 0 Å². The third kappa shape index (κ3) is 5.95. The van der Waals surface area contributed by atoms with E-state index >= 15 is 0 Å². The minimum Gasteiger partial charge on any atom is -0.507 e. The molecule has 18 heteroatoms. The van der Waals surface area contributed by atoms with Crippen molar-refractivity contribution in [1.29, 1.82) is 0 Å². The summed E-state index contributed by atoms with van der Waals surface area (Å²) in [6, 6.07) is 6.47. The lowest BCUT2D eigenvalue weighted by molar-refractivity contribution is -0.271. The van der Waals surface area contributed by atoms with Crippen LogP contribution < -0.4 is 14.9 Å². The van der Waals surface area contributed by atoms with Crippen LogP contribution in [0, 0.1) is 0 Å². The molecule has 10 atom stereocenters. The second-order valence-corrected chi connectivity index (χ2v) is 10.2. The highest BCUT2D eigenvalue weighted by atomic mass is 16.7. The van der Waals surface area contributed by atoms with Crippen LogP contribution in [-0.4, -0.2) is 124 Å². The summed E-state index contributed by atoms with van der Waals surface area (Å²) in [6.07, 6.45) is -19.2. The summed E-state index contributed by atoms with van der Waals surface area (Å²) >= 11 is 0. The van der Waals surface area contributed by atoms with Gasteiger partial charge < -0.3 is 74.4 Å².